The zero-order valence-electron chi connectivity index (χ0n) is 16.8. The summed E-state index contributed by atoms with van der Waals surface area (Å²) in [5.41, 5.74) is 0.294. The molecule has 2 aliphatic heterocycles. The summed E-state index contributed by atoms with van der Waals surface area (Å²) < 4.78 is 7.57. The smallest absolute Gasteiger partial charge is 0.415 e. The van der Waals surface area contributed by atoms with Gasteiger partial charge < -0.3 is 19.8 Å². The summed E-state index contributed by atoms with van der Waals surface area (Å²) >= 11 is 11.9. The van der Waals surface area contributed by atoms with Crippen LogP contribution in [0, 0.1) is 10.1 Å². The van der Waals surface area contributed by atoms with Gasteiger partial charge in [-0.15, -0.1) is 0 Å². The van der Waals surface area contributed by atoms with Gasteiger partial charge in [-0.1, -0.05) is 29.3 Å². The van der Waals surface area contributed by atoms with Crippen molar-refractivity contribution < 1.29 is 14.5 Å². The van der Waals surface area contributed by atoms with Gasteiger partial charge >= 0.3 is 11.8 Å². The molecule has 1 atom stereocenters. The standard InChI is InChI=1S/C20H21Cl2N5O4/c1-20(13-26-11-17(27(29)30)23-19(26)31-20)12-24-6-8-25(9-7-24)18(28)5-3-14-2-4-15(21)16(22)10-14/h2-5,10-11H,6-9,12-13H2,1H3. The summed E-state index contributed by atoms with van der Waals surface area (Å²) in [5, 5.41) is 11.8. The molecule has 9 nitrogen and oxygen atoms in total. The van der Waals surface area contributed by atoms with Crippen molar-refractivity contribution in [2.75, 3.05) is 32.7 Å². The van der Waals surface area contributed by atoms with Crippen LogP contribution in [0.25, 0.3) is 6.08 Å². The van der Waals surface area contributed by atoms with E-state index < -0.39 is 10.5 Å². The lowest BCUT2D eigenvalue weighted by Gasteiger charge is -2.37. The fourth-order valence-electron chi connectivity index (χ4n) is 3.85. The molecule has 0 bridgehead atoms. The van der Waals surface area contributed by atoms with Crippen LogP contribution >= 0.6 is 23.2 Å². The number of carbonyl (C=O) groups excluding carboxylic acids is 1. The van der Waals surface area contributed by atoms with Gasteiger partial charge in [0.15, 0.2) is 0 Å². The summed E-state index contributed by atoms with van der Waals surface area (Å²) in [4.78, 5) is 30.8. The van der Waals surface area contributed by atoms with E-state index in [0.29, 0.717) is 49.3 Å². The van der Waals surface area contributed by atoms with E-state index in [2.05, 4.69) is 9.88 Å². The fraction of sp³-hybridized carbons (Fsp3) is 0.400. The summed E-state index contributed by atoms with van der Waals surface area (Å²) in [7, 11) is 0. The number of hydrogen-bond acceptors (Lipinski definition) is 6. The van der Waals surface area contributed by atoms with Gasteiger partial charge in [0.1, 0.15) is 11.8 Å². The number of nitrogens with zero attached hydrogens (tertiary/aromatic N) is 5. The molecule has 0 spiro atoms. The third-order valence-corrected chi connectivity index (χ3v) is 6.10. The molecule has 1 fully saturated rings. The van der Waals surface area contributed by atoms with Gasteiger partial charge in [-0.05, 0) is 35.6 Å². The molecule has 11 heteroatoms. The highest BCUT2D eigenvalue weighted by atomic mass is 35.5. The Balaban J connectivity index is 1.28. The minimum atomic E-state index is -0.530. The van der Waals surface area contributed by atoms with Crippen molar-refractivity contribution in [3.05, 3.63) is 56.2 Å². The molecule has 1 saturated heterocycles. The van der Waals surface area contributed by atoms with Crippen LogP contribution in [0.4, 0.5) is 5.82 Å². The first kappa shape index (κ1) is 21.6. The highest BCUT2D eigenvalue weighted by Crippen LogP contribution is 2.31. The van der Waals surface area contributed by atoms with Crippen molar-refractivity contribution >= 4 is 41.0 Å². The van der Waals surface area contributed by atoms with Crippen LogP contribution in [0.1, 0.15) is 12.5 Å². The number of amides is 1. The van der Waals surface area contributed by atoms with Gasteiger partial charge in [0.2, 0.25) is 5.91 Å². The topological polar surface area (TPSA) is 93.7 Å². The molecule has 31 heavy (non-hydrogen) atoms. The molecule has 0 aliphatic carbocycles. The molecule has 1 aromatic heterocycles. The van der Waals surface area contributed by atoms with Gasteiger partial charge in [0.25, 0.3) is 0 Å². The third kappa shape index (κ3) is 4.84. The van der Waals surface area contributed by atoms with Gasteiger partial charge in [0.05, 0.1) is 16.6 Å². The molecule has 1 amide bonds. The lowest BCUT2D eigenvalue weighted by molar-refractivity contribution is -0.389. The Bertz CT molecular complexity index is 1020. The van der Waals surface area contributed by atoms with Gasteiger partial charge in [-0.3, -0.25) is 14.3 Å². The first-order valence-electron chi connectivity index (χ1n) is 9.77. The maximum absolute atomic E-state index is 12.5. The van der Waals surface area contributed by atoms with Crippen molar-refractivity contribution in [1.82, 2.24) is 19.4 Å². The number of imidazole rings is 1. The molecule has 0 saturated carbocycles. The van der Waals surface area contributed by atoms with E-state index in [1.54, 1.807) is 39.8 Å². The normalized spacial score (nSPS) is 21.3. The van der Waals surface area contributed by atoms with E-state index in [1.165, 1.54) is 6.20 Å². The summed E-state index contributed by atoms with van der Waals surface area (Å²) in [6, 6.07) is 5.49. The molecular weight excluding hydrogens is 445 g/mol. The number of ether oxygens (including phenoxy) is 1. The summed E-state index contributed by atoms with van der Waals surface area (Å²) in [6.45, 7) is 5.75. The number of carbonyl (C=O) groups is 1. The fourth-order valence-corrected chi connectivity index (χ4v) is 4.16. The second kappa shape index (κ2) is 8.49. The molecular formula is C20H21Cl2N5O4. The van der Waals surface area contributed by atoms with E-state index in [1.807, 2.05) is 6.92 Å². The molecule has 4 rings (SSSR count). The molecule has 164 valence electrons. The van der Waals surface area contributed by atoms with Crippen molar-refractivity contribution in [2.24, 2.45) is 0 Å². The van der Waals surface area contributed by atoms with Crippen LogP contribution in [0.2, 0.25) is 10.0 Å². The van der Waals surface area contributed by atoms with E-state index in [9.17, 15) is 14.9 Å². The molecule has 2 aliphatic rings. The minimum Gasteiger partial charge on any atom is -0.436 e. The molecule has 1 unspecified atom stereocenters. The van der Waals surface area contributed by atoms with Crippen LogP contribution < -0.4 is 4.74 Å². The van der Waals surface area contributed by atoms with Crippen LogP contribution in [0.3, 0.4) is 0 Å². The number of piperazine rings is 1. The van der Waals surface area contributed by atoms with Crippen LogP contribution in [0.15, 0.2) is 30.5 Å². The van der Waals surface area contributed by atoms with E-state index in [4.69, 9.17) is 27.9 Å². The molecule has 0 N–H and O–H groups in total. The molecule has 0 radical (unpaired) electrons. The van der Waals surface area contributed by atoms with E-state index in [-0.39, 0.29) is 17.7 Å². The van der Waals surface area contributed by atoms with Gasteiger partial charge in [-0.2, -0.15) is 0 Å². The minimum absolute atomic E-state index is 0.0542. The van der Waals surface area contributed by atoms with Crippen molar-refractivity contribution in [2.45, 2.75) is 19.1 Å². The second-order valence-corrected chi connectivity index (χ2v) is 8.74. The first-order valence-corrected chi connectivity index (χ1v) is 10.5. The Labute approximate surface area is 188 Å². The first-order chi connectivity index (χ1) is 14.7. The Morgan fingerprint density at radius 2 is 2.03 bits per heavy atom. The SMILES string of the molecule is CC1(CN2CCN(C(=O)C=Cc3ccc(Cl)c(Cl)c3)CC2)Cn2cc([N+](=O)[O-])nc2O1. The zero-order valence-corrected chi connectivity index (χ0v) is 18.3. The quantitative estimate of drug-likeness (QED) is 0.382. The van der Waals surface area contributed by atoms with Crippen molar-refractivity contribution in [1.29, 1.82) is 0 Å². The van der Waals surface area contributed by atoms with Crippen LogP contribution in [-0.2, 0) is 11.3 Å². The average molecular weight is 466 g/mol. The zero-order chi connectivity index (χ0) is 22.2. The van der Waals surface area contributed by atoms with E-state index >= 15 is 0 Å². The number of rotatable bonds is 5. The van der Waals surface area contributed by atoms with Gasteiger partial charge in [0, 0.05) is 43.8 Å². The number of fused-ring (bicyclic) bond motifs is 1. The maximum atomic E-state index is 12.5. The summed E-state index contributed by atoms with van der Waals surface area (Å²) in [6.07, 6.45) is 4.67. The Morgan fingerprint density at radius 1 is 1.29 bits per heavy atom. The highest BCUT2D eigenvalue weighted by molar-refractivity contribution is 6.42. The Hall–Kier alpha value is -2.62. The lowest BCUT2D eigenvalue weighted by atomic mass is 10.1. The predicted octanol–water partition coefficient (Wildman–Crippen LogP) is 3.11. The van der Waals surface area contributed by atoms with Gasteiger partial charge in [-0.25, -0.2) is 0 Å². The van der Waals surface area contributed by atoms with E-state index in [0.717, 1.165) is 5.56 Å². The lowest BCUT2D eigenvalue weighted by Crippen LogP contribution is -2.53. The predicted molar refractivity (Wildman–Crippen MR) is 116 cm³/mol. The number of hydrogen-bond donors (Lipinski definition) is 0. The summed E-state index contributed by atoms with van der Waals surface area (Å²) in [5.74, 6) is -0.264. The Kier molecular flexibility index (Phi) is 5.92. The maximum Gasteiger partial charge on any atom is 0.415 e. The monoisotopic (exact) mass is 465 g/mol. The average Bonchev–Trinajstić information content (AvgIpc) is 3.24. The van der Waals surface area contributed by atoms with Crippen LogP contribution in [-0.4, -0.2) is 68.5 Å². The van der Waals surface area contributed by atoms with Crippen molar-refractivity contribution in [3.8, 4) is 6.01 Å². The Morgan fingerprint density at radius 3 is 2.68 bits per heavy atom. The third-order valence-electron chi connectivity index (χ3n) is 5.36. The number of benzene rings is 1. The highest BCUT2D eigenvalue weighted by Gasteiger charge is 2.41. The number of aromatic nitrogens is 2. The largest absolute Gasteiger partial charge is 0.436 e. The molecule has 3 heterocycles. The number of halogens is 2. The second-order valence-electron chi connectivity index (χ2n) is 7.93. The molecule has 2 aromatic rings. The van der Waals surface area contributed by atoms with Crippen molar-refractivity contribution in [3.63, 3.8) is 0 Å². The molecule has 1 aromatic carbocycles. The number of nitro groups is 1. The van der Waals surface area contributed by atoms with Crippen LogP contribution in [0.5, 0.6) is 6.01 Å².